The van der Waals surface area contributed by atoms with Crippen molar-refractivity contribution >= 4 is 35.5 Å². The predicted octanol–water partition coefficient (Wildman–Crippen LogP) is 0.176. The Morgan fingerprint density at radius 3 is 2.13 bits per heavy atom. The molecular formula is C25H36N6O6S. The zero-order valence-electron chi connectivity index (χ0n) is 21.6. The van der Waals surface area contributed by atoms with Gasteiger partial charge in [-0.25, -0.2) is 9.78 Å². The summed E-state index contributed by atoms with van der Waals surface area (Å²) in [6, 6.07) is 1.87. The van der Waals surface area contributed by atoms with Crippen LogP contribution in [0.5, 0.6) is 5.75 Å². The summed E-state index contributed by atoms with van der Waals surface area (Å²) in [6.45, 7) is 3.59. The van der Waals surface area contributed by atoms with Gasteiger partial charge in [-0.05, 0) is 42.0 Å². The van der Waals surface area contributed by atoms with E-state index in [1.165, 1.54) is 36.4 Å². The number of amides is 3. The number of H-pyrrole nitrogens is 1. The van der Waals surface area contributed by atoms with Crippen molar-refractivity contribution in [1.29, 1.82) is 0 Å². The number of rotatable bonds is 15. The molecule has 0 saturated heterocycles. The molecule has 2 rings (SSSR count). The van der Waals surface area contributed by atoms with Crippen LogP contribution in [-0.2, 0) is 32.0 Å². The third-order valence-corrected chi connectivity index (χ3v) is 6.51. The first-order valence-electron chi connectivity index (χ1n) is 12.1. The molecule has 13 heteroatoms. The zero-order chi connectivity index (χ0) is 28.2. The maximum Gasteiger partial charge on any atom is 0.326 e. The first-order chi connectivity index (χ1) is 18.0. The average Bonchev–Trinajstić information content (AvgIpc) is 3.39. The van der Waals surface area contributed by atoms with Crippen molar-refractivity contribution < 1.29 is 29.4 Å². The fraction of sp³-hybridized carbons (Fsp3) is 0.480. The van der Waals surface area contributed by atoms with Gasteiger partial charge < -0.3 is 36.9 Å². The zero-order valence-corrected chi connectivity index (χ0v) is 22.5. The maximum absolute atomic E-state index is 13.3. The van der Waals surface area contributed by atoms with Gasteiger partial charge in [-0.2, -0.15) is 11.8 Å². The van der Waals surface area contributed by atoms with E-state index >= 15 is 0 Å². The number of aromatic amines is 1. The number of carbonyl (C=O) groups is 4. The molecule has 0 radical (unpaired) electrons. The van der Waals surface area contributed by atoms with E-state index in [1.54, 1.807) is 26.0 Å². The average molecular weight is 549 g/mol. The van der Waals surface area contributed by atoms with E-state index in [4.69, 9.17) is 5.73 Å². The molecule has 4 unspecified atom stereocenters. The van der Waals surface area contributed by atoms with Crippen LogP contribution in [0.3, 0.4) is 0 Å². The second-order valence-corrected chi connectivity index (χ2v) is 10.2. The second-order valence-electron chi connectivity index (χ2n) is 9.22. The number of carbonyl (C=O) groups excluding carboxylic acids is 3. The number of carboxylic acid groups (broad SMARTS) is 1. The molecule has 38 heavy (non-hydrogen) atoms. The first kappa shape index (κ1) is 30.6. The van der Waals surface area contributed by atoms with Gasteiger partial charge in [0.05, 0.1) is 12.4 Å². The van der Waals surface area contributed by atoms with Crippen LogP contribution in [0, 0.1) is 5.92 Å². The van der Waals surface area contributed by atoms with Crippen molar-refractivity contribution in [2.75, 3.05) is 12.0 Å². The highest BCUT2D eigenvalue weighted by molar-refractivity contribution is 7.98. The molecule has 2 aromatic rings. The minimum absolute atomic E-state index is 0.0168. The minimum atomic E-state index is -1.28. The number of benzene rings is 1. The smallest absolute Gasteiger partial charge is 0.326 e. The molecule has 208 valence electrons. The van der Waals surface area contributed by atoms with Crippen molar-refractivity contribution in [2.24, 2.45) is 11.7 Å². The number of aromatic hydroxyl groups is 1. The van der Waals surface area contributed by atoms with E-state index in [-0.39, 0.29) is 24.5 Å². The van der Waals surface area contributed by atoms with Crippen LogP contribution < -0.4 is 21.7 Å². The molecular weight excluding hydrogens is 512 g/mol. The number of imidazole rings is 1. The highest BCUT2D eigenvalue weighted by Crippen LogP contribution is 2.13. The van der Waals surface area contributed by atoms with E-state index in [0.717, 1.165) is 0 Å². The Morgan fingerprint density at radius 1 is 0.974 bits per heavy atom. The molecule has 0 spiro atoms. The molecule has 0 saturated carbocycles. The summed E-state index contributed by atoms with van der Waals surface area (Å²) >= 11 is 1.49. The van der Waals surface area contributed by atoms with Gasteiger partial charge in [0.1, 0.15) is 23.9 Å². The van der Waals surface area contributed by atoms with Crippen LogP contribution in [0.4, 0.5) is 0 Å². The standard InChI is InChI=1S/C25H36N6O6S/c1-14(2)21(26)24(35)29-18(8-9-38-3)22(33)30-19(10-15-4-6-17(32)7-5-15)23(34)31-20(25(36)37)11-16-12-27-13-28-16/h4-7,12-14,18-21,32H,8-11,26H2,1-3H3,(H,27,28)(H,29,35)(H,30,33)(H,31,34)(H,36,37). The molecule has 0 aliphatic carbocycles. The van der Waals surface area contributed by atoms with Gasteiger partial charge in [-0.15, -0.1) is 0 Å². The lowest BCUT2D eigenvalue weighted by atomic mass is 10.0. The Morgan fingerprint density at radius 2 is 1.58 bits per heavy atom. The van der Waals surface area contributed by atoms with Gasteiger partial charge in [-0.1, -0.05) is 26.0 Å². The van der Waals surface area contributed by atoms with Crippen molar-refractivity contribution in [3.63, 3.8) is 0 Å². The molecule has 0 aliphatic rings. The van der Waals surface area contributed by atoms with E-state index < -0.39 is 47.9 Å². The van der Waals surface area contributed by atoms with Crippen molar-refractivity contribution in [3.8, 4) is 5.75 Å². The van der Waals surface area contributed by atoms with Gasteiger partial charge in [0.25, 0.3) is 0 Å². The number of hydrogen-bond acceptors (Lipinski definition) is 8. The normalized spacial score (nSPS) is 14.2. The summed E-state index contributed by atoms with van der Waals surface area (Å²) in [7, 11) is 0. The van der Waals surface area contributed by atoms with Crippen LogP contribution in [-0.4, -0.2) is 80.0 Å². The van der Waals surface area contributed by atoms with Crippen molar-refractivity contribution in [1.82, 2.24) is 25.9 Å². The Kier molecular flexibility index (Phi) is 12.1. The van der Waals surface area contributed by atoms with Gasteiger partial charge in [0.15, 0.2) is 0 Å². The number of nitrogens with two attached hydrogens (primary N) is 1. The maximum atomic E-state index is 13.3. The highest BCUT2D eigenvalue weighted by Gasteiger charge is 2.31. The molecule has 4 atom stereocenters. The highest BCUT2D eigenvalue weighted by atomic mass is 32.2. The molecule has 0 aliphatic heterocycles. The lowest BCUT2D eigenvalue weighted by molar-refractivity contribution is -0.142. The number of aliphatic carboxylic acids is 1. The number of carboxylic acids is 1. The van der Waals surface area contributed by atoms with Gasteiger partial charge in [0.2, 0.25) is 17.7 Å². The number of thioether (sulfide) groups is 1. The molecule has 3 amide bonds. The third-order valence-electron chi connectivity index (χ3n) is 5.87. The Labute approximate surface area is 225 Å². The van der Waals surface area contributed by atoms with E-state index in [0.29, 0.717) is 23.4 Å². The minimum Gasteiger partial charge on any atom is -0.508 e. The Hall–Kier alpha value is -3.58. The van der Waals surface area contributed by atoms with Gasteiger partial charge in [-0.3, -0.25) is 14.4 Å². The van der Waals surface area contributed by atoms with Gasteiger partial charge in [0, 0.05) is 24.7 Å². The number of nitrogens with one attached hydrogen (secondary N) is 4. The number of hydrogen-bond donors (Lipinski definition) is 7. The third kappa shape index (κ3) is 9.71. The fourth-order valence-electron chi connectivity index (χ4n) is 3.51. The lowest BCUT2D eigenvalue weighted by Gasteiger charge is -2.26. The van der Waals surface area contributed by atoms with E-state index in [2.05, 4.69) is 25.9 Å². The summed E-state index contributed by atoms with van der Waals surface area (Å²) in [4.78, 5) is 57.6. The van der Waals surface area contributed by atoms with Crippen LogP contribution in [0.2, 0.25) is 0 Å². The van der Waals surface area contributed by atoms with Crippen LogP contribution in [0.15, 0.2) is 36.8 Å². The number of phenols is 1. The fourth-order valence-corrected chi connectivity index (χ4v) is 3.98. The van der Waals surface area contributed by atoms with Crippen LogP contribution in [0.25, 0.3) is 0 Å². The predicted molar refractivity (Wildman–Crippen MR) is 143 cm³/mol. The largest absolute Gasteiger partial charge is 0.508 e. The molecule has 12 nitrogen and oxygen atoms in total. The monoisotopic (exact) mass is 548 g/mol. The SMILES string of the molecule is CSCCC(NC(=O)C(N)C(C)C)C(=O)NC(Cc1ccc(O)cc1)C(=O)NC(Cc1cnc[nH]1)C(=O)O. The summed E-state index contributed by atoms with van der Waals surface area (Å²) in [6.07, 6.45) is 5.00. The molecule has 1 aromatic carbocycles. The first-order valence-corrected chi connectivity index (χ1v) is 13.5. The number of nitrogens with zero attached hydrogens (tertiary/aromatic N) is 1. The van der Waals surface area contributed by atoms with Crippen molar-refractivity contribution in [2.45, 2.75) is 57.3 Å². The Bertz CT molecular complexity index is 1060. The lowest BCUT2D eigenvalue weighted by Crippen LogP contribution is -2.58. The van der Waals surface area contributed by atoms with E-state index in [1.807, 2.05) is 6.26 Å². The molecule has 1 heterocycles. The molecule has 8 N–H and O–H groups in total. The number of phenolic OH excluding ortho intramolecular Hbond substituents is 1. The number of aromatic nitrogens is 2. The summed E-state index contributed by atoms with van der Waals surface area (Å²) in [5.41, 5.74) is 7.08. The summed E-state index contributed by atoms with van der Waals surface area (Å²) < 4.78 is 0. The molecule has 1 aromatic heterocycles. The second kappa shape index (κ2) is 15.0. The van der Waals surface area contributed by atoms with Crippen LogP contribution >= 0.6 is 11.8 Å². The molecule has 0 bridgehead atoms. The van der Waals surface area contributed by atoms with Crippen LogP contribution in [0.1, 0.15) is 31.5 Å². The molecule has 0 fully saturated rings. The summed E-state index contributed by atoms with van der Waals surface area (Å²) in [5.74, 6) is -2.59. The van der Waals surface area contributed by atoms with Crippen molar-refractivity contribution in [3.05, 3.63) is 48.0 Å². The van der Waals surface area contributed by atoms with Gasteiger partial charge >= 0.3 is 5.97 Å². The quantitative estimate of drug-likeness (QED) is 0.162. The topological polar surface area (TPSA) is 200 Å². The van der Waals surface area contributed by atoms with E-state index in [9.17, 15) is 29.4 Å². The Balaban J connectivity index is 2.25. The summed E-state index contributed by atoms with van der Waals surface area (Å²) in [5, 5.41) is 27.1.